The van der Waals surface area contributed by atoms with Gasteiger partial charge < -0.3 is 15.6 Å². The van der Waals surface area contributed by atoms with E-state index in [9.17, 15) is 9.18 Å². The Hall–Kier alpha value is -0.830. The minimum Gasteiger partial charge on any atom is -0.393 e. The molecule has 3 N–H and O–H groups in total. The smallest absolute Gasteiger partial charge is 0.351 e. The first-order valence-corrected chi connectivity index (χ1v) is 5.58. The van der Waals surface area contributed by atoms with Gasteiger partial charge in [-0.3, -0.25) is 4.57 Å². The van der Waals surface area contributed by atoms with Crippen LogP contribution in [-0.4, -0.2) is 32.5 Å². The summed E-state index contributed by atoms with van der Waals surface area (Å²) in [6, 6.07) is 0. The summed E-state index contributed by atoms with van der Waals surface area (Å²) >= 11 is 1.35. The van der Waals surface area contributed by atoms with Crippen molar-refractivity contribution in [1.82, 2.24) is 9.55 Å². The third kappa shape index (κ3) is 2.89. The molecular formula is C8H11ClFN3O3S. The summed E-state index contributed by atoms with van der Waals surface area (Å²) in [5.74, 6) is -0.734. The molecule has 9 heteroatoms. The predicted octanol–water partition coefficient (Wildman–Crippen LogP) is -0.0332. The third-order valence-electron chi connectivity index (χ3n) is 2.13. The lowest BCUT2D eigenvalue weighted by atomic mass is 10.5. The molecule has 1 aromatic heterocycles. The normalized spacial score (nSPS) is 23.4. The lowest BCUT2D eigenvalue weighted by molar-refractivity contribution is -0.00677. The number of rotatable bonds is 2. The van der Waals surface area contributed by atoms with Crippen molar-refractivity contribution in [2.24, 2.45) is 0 Å². The number of aliphatic hydroxyl groups excluding tert-OH is 1. The van der Waals surface area contributed by atoms with Crippen LogP contribution in [0.1, 0.15) is 6.23 Å². The largest absolute Gasteiger partial charge is 0.393 e. The van der Waals surface area contributed by atoms with Crippen molar-refractivity contribution >= 4 is 30.0 Å². The molecule has 0 radical (unpaired) electrons. The number of nitrogens with zero attached hydrogens (tertiary/aromatic N) is 2. The van der Waals surface area contributed by atoms with Crippen LogP contribution < -0.4 is 11.4 Å². The highest BCUT2D eigenvalue weighted by molar-refractivity contribution is 8.00. The first-order valence-electron chi connectivity index (χ1n) is 4.54. The Labute approximate surface area is 106 Å². The SMILES string of the molecule is Cl.Nc1nc(=O)n(C2CS[C@H](CO)O2)cc1F. The minimum absolute atomic E-state index is 0. The van der Waals surface area contributed by atoms with Gasteiger partial charge in [-0.1, -0.05) is 0 Å². The van der Waals surface area contributed by atoms with Gasteiger partial charge in [-0.15, -0.1) is 24.2 Å². The second-order valence-electron chi connectivity index (χ2n) is 3.20. The van der Waals surface area contributed by atoms with E-state index in [0.29, 0.717) is 5.75 Å². The van der Waals surface area contributed by atoms with Crippen LogP contribution in [0.25, 0.3) is 0 Å². The van der Waals surface area contributed by atoms with Crippen LogP contribution in [0.15, 0.2) is 11.0 Å². The number of thioether (sulfide) groups is 1. The van der Waals surface area contributed by atoms with Crippen molar-refractivity contribution in [3.05, 3.63) is 22.5 Å². The number of aromatic nitrogens is 2. The third-order valence-corrected chi connectivity index (χ3v) is 3.24. The fourth-order valence-electron chi connectivity index (χ4n) is 1.35. The average Bonchev–Trinajstić information content (AvgIpc) is 2.71. The highest BCUT2D eigenvalue weighted by Gasteiger charge is 2.27. The maximum Gasteiger partial charge on any atom is 0.351 e. The van der Waals surface area contributed by atoms with Crippen molar-refractivity contribution in [3.8, 4) is 0 Å². The van der Waals surface area contributed by atoms with E-state index in [1.165, 1.54) is 11.8 Å². The highest BCUT2D eigenvalue weighted by atomic mass is 35.5. The molecule has 2 rings (SSSR count). The van der Waals surface area contributed by atoms with Gasteiger partial charge in [0.15, 0.2) is 11.6 Å². The van der Waals surface area contributed by atoms with Crippen LogP contribution >= 0.6 is 24.2 Å². The Morgan fingerprint density at radius 3 is 3.06 bits per heavy atom. The van der Waals surface area contributed by atoms with Gasteiger partial charge in [0.25, 0.3) is 0 Å². The van der Waals surface area contributed by atoms with Crippen LogP contribution in [0, 0.1) is 5.82 Å². The number of halogens is 2. The molecule has 1 fully saturated rings. The summed E-state index contributed by atoms with van der Waals surface area (Å²) in [4.78, 5) is 14.8. The van der Waals surface area contributed by atoms with Crippen molar-refractivity contribution in [3.63, 3.8) is 0 Å². The van der Waals surface area contributed by atoms with Crippen LogP contribution in [0.5, 0.6) is 0 Å². The maximum absolute atomic E-state index is 13.1. The van der Waals surface area contributed by atoms with Gasteiger partial charge in [0.2, 0.25) is 0 Å². The fourth-order valence-corrected chi connectivity index (χ4v) is 2.28. The first kappa shape index (κ1) is 14.2. The predicted molar refractivity (Wildman–Crippen MR) is 63.6 cm³/mol. The molecular weight excluding hydrogens is 273 g/mol. The molecule has 6 nitrogen and oxygen atoms in total. The van der Waals surface area contributed by atoms with Crippen molar-refractivity contribution < 1.29 is 14.2 Å². The van der Waals surface area contributed by atoms with Gasteiger partial charge in [-0.25, -0.2) is 9.18 Å². The molecule has 96 valence electrons. The quantitative estimate of drug-likeness (QED) is 0.792. The maximum atomic E-state index is 13.1. The highest BCUT2D eigenvalue weighted by Crippen LogP contribution is 2.30. The molecule has 0 spiro atoms. The molecule has 1 aliphatic heterocycles. The number of aliphatic hydroxyl groups is 1. The molecule has 2 heterocycles. The molecule has 17 heavy (non-hydrogen) atoms. The van der Waals surface area contributed by atoms with Gasteiger partial charge in [-0.05, 0) is 0 Å². The lowest BCUT2D eigenvalue weighted by Gasteiger charge is -2.13. The van der Waals surface area contributed by atoms with Crippen LogP contribution in [0.3, 0.4) is 0 Å². The molecule has 1 unspecified atom stereocenters. The molecule has 0 aromatic carbocycles. The number of nitrogens with two attached hydrogens (primary N) is 1. The molecule has 1 aromatic rings. The Bertz CT molecular complexity index is 458. The standard InChI is InChI=1S/C8H10FN3O3S.ClH/c9-4-1-12(8(14)11-7(4)10)5-3-16-6(2-13)15-5;/h1,5-6,13H,2-3H2,(H2,10,11,14);1H/t5?,6-;/m1./s1. The van der Waals surface area contributed by atoms with Crippen molar-refractivity contribution in [1.29, 1.82) is 0 Å². The second kappa shape index (κ2) is 5.67. The van der Waals surface area contributed by atoms with Gasteiger partial charge >= 0.3 is 5.69 Å². The Balaban J connectivity index is 0.00000144. The number of hydrogen-bond acceptors (Lipinski definition) is 6. The van der Waals surface area contributed by atoms with Crippen LogP contribution in [0.4, 0.5) is 10.2 Å². The van der Waals surface area contributed by atoms with E-state index in [2.05, 4.69) is 4.98 Å². The molecule has 0 amide bonds. The van der Waals surface area contributed by atoms with E-state index in [-0.39, 0.29) is 19.0 Å². The van der Waals surface area contributed by atoms with Crippen LogP contribution in [0.2, 0.25) is 0 Å². The Morgan fingerprint density at radius 1 is 1.76 bits per heavy atom. The van der Waals surface area contributed by atoms with Gasteiger partial charge in [0.05, 0.1) is 12.8 Å². The second-order valence-corrected chi connectivity index (χ2v) is 4.39. The van der Waals surface area contributed by atoms with Gasteiger partial charge in [0.1, 0.15) is 11.7 Å². The van der Waals surface area contributed by atoms with Crippen molar-refractivity contribution in [2.45, 2.75) is 11.7 Å². The van der Waals surface area contributed by atoms with E-state index in [1.54, 1.807) is 0 Å². The van der Waals surface area contributed by atoms with E-state index < -0.39 is 29.0 Å². The average molecular weight is 284 g/mol. The minimum atomic E-state index is -0.763. The Kier molecular flexibility index (Phi) is 4.75. The van der Waals surface area contributed by atoms with Gasteiger partial charge in [0, 0.05) is 5.75 Å². The number of hydrogen-bond donors (Lipinski definition) is 2. The molecule has 0 saturated carbocycles. The molecule has 0 aliphatic carbocycles. The van der Waals surface area contributed by atoms with E-state index in [4.69, 9.17) is 15.6 Å². The zero-order valence-corrected chi connectivity index (χ0v) is 10.2. The summed E-state index contributed by atoms with van der Waals surface area (Å²) in [7, 11) is 0. The number of anilines is 1. The van der Waals surface area contributed by atoms with Gasteiger partial charge in [-0.2, -0.15) is 4.98 Å². The van der Waals surface area contributed by atoms with Crippen molar-refractivity contribution in [2.75, 3.05) is 18.1 Å². The van der Waals surface area contributed by atoms with Crippen LogP contribution in [-0.2, 0) is 4.74 Å². The summed E-state index contributed by atoms with van der Waals surface area (Å²) in [5.41, 5.74) is 4.10. The summed E-state index contributed by atoms with van der Waals surface area (Å²) in [6.45, 7) is -0.152. The zero-order chi connectivity index (χ0) is 11.7. The number of nitrogen functional groups attached to an aromatic ring is 1. The molecule has 2 atom stereocenters. The summed E-state index contributed by atoms with van der Waals surface area (Å²) in [6.07, 6.45) is 0.354. The summed E-state index contributed by atoms with van der Waals surface area (Å²) in [5, 5.41) is 8.86. The zero-order valence-electron chi connectivity index (χ0n) is 8.58. The lowest BCUT2D eigenvalue weighted by Crippen LogP contribution is -2.29. The molecule has 0 bridgehead atoms. The fraction of sp³-hybridized carbons (Fsp3) is 0.500. The first-order chi connectivity index (χ1) is 7.61. The monoisotopic (exact) mass is 283 g/mol. The van der Waals surface area contributed by atoms with E-state index in [1.807, 2.05) is 0 Å². The summed E-state index contributed by atoms with van der Waals surface area (Å²) < 4.78 is 19.5. The topological polar surface area (TPSA) is 90.4 Å². The molecule has 1 saturated heterocycles. The Morgan fingerprint density at radius 2 is 2.47 bits per heavy atom. The number of ether oxygens (including phenoxy) is 1. The van der Waals surface area contributed by atoms with E-state index in [0.717, 1.165) is 10.8 Å². The molecule has 1 aliphatic rings. The van der Waals surface area contributed by atoms with E-state index >= 15 is 0 Å².